The minimum atomic E-state index is -0.725. The average molecular weight is 357 g/mol. The van der Waals surface area contributed by atoms with Gasteiger partial charge in [-0.15, -0.1) is 12.4 Å². The normalized spacial score (nSPS) is 17.1. The Morgan fingerprint density at radius 3 is 2.25 bits per heavy atom. The van der Waals surface area contributed by atoms with Gasteiger partial charge in [0.2, 0.25) is 11.9 Å². The molecule has 0 saturated heterocycles. The zero-order valence-electron chi connectivity index (χ0n) is 10.7. The highest BCUT2D eigenvalue weighted by atomic mass is 35.5. The summed E-state index contributed by atoms with van der Waals surface area (Å²) in [6.07, 6.45) is 0. The topological polar surface area (TPSA) is 80.0 Å². The van der Waals surface area contributed by atoms with Gasteiger partial charge in [-0.25, -0.2) is 4.99 Å². The molecule has 0 fully saturated rings. The van der Waals surface area contributed by atoms with E-state index >= 15 is 0 Å². The van der Waals surface area contributed by atoms with E-state index in [2.05, 4.69) is 9.98 Å². The van der Waals surface area contributed by atoms with E-state index in [0.29, 0.717) is 10.7 Å². The molecule has 0 radical (unpaired) electrons. The minimum absolute atomic E-state index is 0. The van der Waals surface area contributed by atoms with Crippen molar-refractivity contribution in [2.45, 2.75) is 19.5 Å². The Hall–Kier alpha value is -0.880. The lowest BCUT2D eigenvalue weighted by Crippen LogP contribution is -2.54. The van der Waals surface area contributed by atoms with E-state index in [1.54, 1.807) is 17.0 Å². The van der Waals surface area contributed by atoms with Gasteiger partial charge in [0.15, 0.2) is 0 Å². The van der Waals surface area contributed by atoms with Crippen LogP contribution in [0.15, 0.2) is 22.1 Å². The first-order valence-electron chi connectivity index (χ1n) is 5.37. The third kappa shape index (κ3) is 2.91. The number of guanidine groups is 2. The first kappa shape index (κ1) is 17.2. The first-order valence-corrected chi connectivity index (χ1v) is 6.50. The van der Waals surface area contributed by atoms with Crippen molar-refractivity contribution in [2.24, 2.45) is 21.5 Å². The van der Waals surface area contributed by atoms with Crippen molar-refractivity contribution in [1.82, 2.24) is 0 Å². The van der Waals surface area contributed by atoms with Crippen LogP contribution in [0.25, 0.3) is 0 Å². The van der Waals surface area contributed by atoms with Gasteiger partial charge in [0, 0.05) is 0 Å². The molecule has 0 aliphatic carbocycles. The van der Waals surface area contributed by atoms with Crippen molar-refractivity contribution in [3.8, 4) is 0 Å². The monoisotopic (exact) mass is 355 g/mol. The lowest BCUT2D eigenvalue weighted by molar-refractivity contribution is 0.534. The molecule has 1 aliphatic rings. The molecule has 20 heavy (non-hydrogen) atoms. The fraction of sp³-hybridized carbons (Fsp3) is 0.273. The second-order valence-corrected chi connectivity index (χ2v) is 5.63. The second kappa shape index (κ2) is 5.85. The van der Waals surface area contributed by atoms with Crippen LogP contribution in [0.1, 0.15) is 13.8 Å². The van der Waals surface area contributed by atoms with Crippen LogP contribution in [-0.2, 0) is 0 Å². The molecule has 0 aromatic heterocycles. The number of anilines is 1. The molecule has 9 heteroatoms. The summed E-state index contributed by atoms with van der Waals surface area (Å²) < 4.78 is 0. The summed E-state index contributed by atoms with van der Waals surface area (Å²) >= 11 is 18.2. The molecule has 1 heterocycles. The summed E-state index contributed by atoms with van der Waals surface area (Å²) in [5, 5.41) is 0.909. The molecule has 0 saturated carbocycles. The number of benzene rings is 1. The quantitative estimate of drug-likeness (QED) is 0.758. The zero-order valence-corrected chi connectivity index (χ0v) is 13.8. The largest absolute Gasteiger partial charge is 0.369 e. The summed E-state index contributed by atoms with van der Waals surface area (Å²) in [6.45, 7) is 3.67. The molecule has 1 aromatic rings. The summed E-state index contributed by atoms with van der Waals surface area (Å²) in [6, 6.07) is 3.34. The lowest BCUT2D eigenvalue weighted by atomic mass is 10.1. The van der Waals surface area contributed by atoms with E-state index in [1.165, 1.54) is 0 Å². The Morgan fingerprint density at radius 1 is 1.10 bits per heavy atom. The number of aliphatic imine (C=N–C) groups is 2. The Bertz CT molecular complexity index is 597. The maximum absolute atomic E-state index is 6.21. The predicted octanol–water partition coefficient (Wildman–Crippen LogP) is 3.25. The fourth-order valence-corrected chi connectivity index (χ4v) is 2.52. The molecule has 0 bridgehead atoms. The number of hydrogen-bond donors (Lipinski definition) is 2. The van der Waals surface area contributed by atoms with E-state index < -0.39 is 5.66 Å². The smallest absolute Gasteiger partial charge is 0.220 e. The molecule has 110 valence electrons. The Kier molecular flexibility index (Phi) is 5.03. The van der Waals surface area contributed by atoms with Gasteiger partial charge in [-0.2, -0.15) is 4.99 Å². The van der Waals surface area contributed by atoms with Crippen molar-refractivity contribution in [1.29, 1.82) is 0 Å². The van der Waals surface area contributed by atoms with Gasteiger partial charge >= 0.3 is 0 Å². The highest BCUT2D eigenvalue weighted by molar-refractivity contribution is 6.49. The van der Waals surface area contributed by atoms with Gasteiger partial charge in [0.05, 0.1) is 20.8 Å². The molecular formula is C11H13Cl4N5. The number of hydrogen-bond acceptors (Lipinski definition) is 5. The van der Waals surface area contributed by atoms with E-state index in [1.807, 2.05) is 13.8 Å². The highest BCUT2D eigenvalue weighted by Crippen LogP contribution is 2.40. The van der Waals surface area contributed by atoms with Crippen LogP contribution in [0.5, 0.6) is 0 Å². The first-order chi connectivity index (χ1) is 8.74. The van der Waals surface area contributed by atoms with Gasteiger partial charge in [-0.3, -0.25) is 4.90 Å². The van der Waals surface area contributed by atoms with Crippen LogP contribution in [0.3, 0.4) is 0 Å². The summed E-state index contributed by atoms with van der Waals surface area (Å²) in [7, 11) is 0. The number of rotatable bonds is 1. The molecule has 1 aromatic carbocycles. The lowest BCUT2D eigenvalue weighted by Gasteiger charge is -2.39. The van der Waals surface area contributed by atoms with Gasteiger partial charge < -0.3 is 11.5 Å². The molecule has 0 unspecified atom stereocenters. The van der Waals surface area contributed by atoms with Crippen molar-refractivity contribution < 1.29 is 0 Å². The average Bonchev–Trinajstić information content (AvgIpc) is 2.27. The van der Waals surface area contributed by atoms with E-state index in [4.69, 9.17) is 46.3 Å². The van der Waals surface area contributed by atoms with Gasteiger partial charge in [-0.05, 0) is 26.0 Å². The van der Waals surface area contributed by atoms with Crippen LogP contribution in [0.4, 0.5) is 5.69 Å². The molecule has 5 nitrogen and oxygen atoms in total. The summed E-state index contributed by atoms with van der Waals surface area (Å²) in [5.74, 6) is 0.313. The van der Waals surface area contributed by atoms with Gasteiger partial charge in [0.25, 0.3) is 0 Å². The van der Waals surface area contributed by atoms with E-state index in [0.717, 1.165) is 0 Å². The molecular weight excluding hydrogens is 344 g/mol. The van der Waals surface area contributed by atoms with Crippen molar-refractivity contribution in [2.75, 3.05) is 4.90 Å². The van der Waals surface area contributed by atoms with E-state index in [9.17, 15) is 0 Å². The number of nitrogens with zero attached hydrogens (tertiary/aromatic N) is 3. The molecule has 0 spiro atoms. The Labute approximate surface area is 138 Å². The SMILES string of the molecule is CC1(C)N=C(N)N=C(N)N1c1ccc(Cl)c(Cl)c1Cl.Cl. The number of nitrogens with two attached hydrogens (primary N) is 2. The van der Waals surface area contributed by atoms with Crippen LogP contribution in [0, 0.1) is 0 Å². The van der Waals surface area contributed by atoms with Gasteiger partial charge in [0.1, 0.15) is 5.66 Å². The maximum Gasteiger partial charge on any atom is 0.220 e. The highest BCUT2D eigenvalue weighted by Gasteiger charge is 2.34. The summed E-state index contributed by atoms with van der Waals surface area (Å²) in [4.78, 5) is 9.82. The molecule has 1 aliphatic heterocycles. The number of halogens is 4. The second-order valence-electron chi connectivity index (χ2n) is 4.46. The van der Waals surface area contributed by atoms with Crippen LogP contribution >= 0.6 is 47.2 Å². The van der Waals surface area contributed by atoms with Crippen LogP contribution in [-0.4, -0.2) is 17.6 Å². The maximum atomic E-state index is 6.21. The minimum Gasteiger partial charge on any atom is -0.369 e. The standard InChI is InChI=1S/C11H12Cl3N5.ClH/c1-11(2)18-9(15)17-10(16)19(11)6-4-3-5(12)7(13)8(6)14;/h3-4H,1-2H3,(H4,15,16,17,18);1H. The molecule has 0 atom stereocenters. The third-order valence-corrected chi connectivity index (χ3v) is 3.93. The molecule has 2 rings (SSSR count). The zero-order chi connectivity index (χ0) is 14.4. The molecule has 0 amide bonds. The Morgan fingerprint density at radius 2 is 1.70 bits per heavy atom. The third-order valence-electron chi connectivity index (χ3n) is 2.65. The fourth-order valence-electron chi connectivity index (χ4n) is 1.91. The predicted molar refractivity (Wildman–Crippen MR) is 88.5 cm³/mol. The van der Waals surface area contributed by atoms with E-state index in [-0.39, 0.29) is 34.4 Å². The molecule has 4 N–H and O–H groups in total. The van der Waals surface area contributed by atoms with Crippen molar-refractivity contribution in [3.05, 3.63) is 27.2 Å². The van der Waals surface area contributed by atoms with Crippen LogP contribution in [0.2, 0.25) is 15.1 Å². The summed E-state index contributed by atoms with van der Waals surface area (Å²) in [5.41, 5.74) is 11.4. The van der Waals surface area contributed by atoms with Crippen molar-refractivity contribution in [3.63, 3.8) is 0 Å². The van der Waals surface area contributed by atoms with Gasteiger partial charge in [-0.1, -0.05) is 34.8 Å². The van der Waals surface area contributed by atoms with Crippen molar-refractivity contribution >= 4 is 64.8 Å². The van der Waals surface area contributed by atoms with Crippen LogP contribution < -0.4 is 16.4 Å². The Balaban J connectivity index is 0.00000200.